The molecule has 1 heterocycles. The van der Waals surface area contributed by atoms with Crippen LogP contribution in [0, 0.1) is 5.82 Å². The zero-order valence-electron chi connectivity index (χ0n) is 19.3. The molecular weight excluding hydrogens is 558 g/mol. The lowest BCUT2D eigenvalue weighted by Gasteiger charge is -2.15. The molecule has 37 heavy (non-hydrogen) atoms. The SMILES string of the molecule is CCOc1cc(/C=C2/SC(=S)N(NC(=O)c3ccc(Cl)cc3)C2=O)ccc1OCc1c(F)cccc1Cl. The van der Waals surface area contributed by atoms with Crippen molar-refractivity contribution in [3.63, 3.8) is 0 Å². The zero-order chi connectivity index (χ0) is 26.5. The van der Waals surface area contributed by atoms with E-state index in [0.29, 0.717) is 39.2 Å². The number of nitrogens with one attached hydrogen (secondary N) is 1. The lowest BCUT2D eigenvalue weighted by atomic mass is 10.1. The second-order valence-corrected chi connectivity index (χ2v) is 10.1. The number of hydrogen-bond donors (Lipinski definition) is 1. The number of carbonyl (C=O) groups excluding carboxylic acids is 2. The van der Waals surface area contributed by atoms with Crippen LogP contribution in [0.4, 0.5) is 4.39 Å². The van der Waals surface area contributed by atoms with Gasteiger partial charge in [0.15, 0.2) is 15.8 Å². The van der Waals surface area contributed by atoms with Gasteiger partial charge >= 0.3 is 0 Å². The fraction of sp³-hybridized carbons (Fsp3) is 0.115. The van der Waals surface area contributed by atoms with Gasteiger partial charge < -0.3 is 9.47 Å². The van der Waals surface area contributed by atoms with Crippen molar-refractivity contribution in [3.8, 4) is 11.5 Å². The maximum Gasteiger partial charge on any atom is 0.285 e. The molecule has 0 radical (unpaired) electrons. The molecule has 6 nitrogen and oxygen atoms in total. The minimum atomic E-state index is -0.496. The second kappa shape index (κ2) is 12.0. The Bertz CT molecular complexity index is 1380. The van der Waals surface area contributed by atoms with Crippen LogP contribution >= 0.6 is 47.2 Å². The van der Waals surface area contributed by atoms with Crippen LogP contribution in [0.25, 0.3) is 6.08 Å². The van der Waals surface area contributed by atoms with E-state index in [9.17, 15) is 14.0 Å². The molecule has 0 unspecified atom stereocenters. The normalized spacial score (nSPS) is 14.3. The Morgan fingerprint density at radius 2 is 1.86 bits per heavy atom. The van der Waals surface area contributed by atoms with Crippen LogP contribution in [0.1, 0.15) is 28.4 Å². The second-order valence-electron chi connectivity index (χ2n) is 7.59. The number of nitrogens with zero attached hydrogens (tertiary/aromatic N) is 1. The molecule has 190 valence electrons. The third-order valence-electron chi connectivity index (χ3n) is 5.11. The zero-order valence-corrected chi connectivity index (χ0v) is 22.4. The molecule has 4 rings (SSSR count). The van der Waals surface area contributed by atoms with Gasteiger partial charge in [-0.3, -0.25) is 15.0 Å². The first-order valence-corrected chi connectivity index (χ1v) is 12.9. The predicted octanol–water partition coefficient (Wildman–Crippen LogP) is 6.66. The van der Waals surface area contributed by atoms with Crippen molar-refractivity contribution in [1.82, 2.24) is 10.4 Å². The fourth-order valence-corrected chi connectivity index (χ4v) is 4.83. The number of halogens is 3. The number of thioether (sulfide) groups is 1. The number of ether oxygens (including phenoxy) is 2. The number of hydrazine groups is 1. The molecule has 1 N–H and O–H groups in total. The van der Waals surface area contributed by atoms with E-state index in [4.69, 9.17) is 44.9 Å². The lowest BCUT2D eigenvalue weighted by molar-refractivity contribution is -0.123. The van der Waals surface area contributed by atoms with E-state index in [0.717, 1.165) is 16.8 Å². The Balaban J connectivity index is 1.50. The first-order valence-electron chi connectivity index (χ1n) is 10.9. The minimum Gasteiger partial charge on any atom is -0.490 e. The van der Waals surface area contributed by atoms with Gasteiger partial charge in [0.1, 0.15) is 12.4 Å². The van der Waals surface area contributed by atoms with Gasteiger partial charge in [-0.05, 0) is 79.3 Å². The van der Waals surface area contributed by atoms with Crippen LogP contribution in [-0.2, 0) is 11.4 Å². The lowest BCUT2D eigenvalue weighted by Crippen LogP contribution is -2.44. The summed E-state index contributed by atoms with van der Waals surface area (Å²) in [4.78, 5) is 25.8. The van der Waals surface area contributed by atoms with E-state index in [-0.39, 0.29) is 21.5 Å². The molecule has 0 aromatic heterocycles. The van der Waals surface area contributed by atoms with Gasteiger partial charge in [0, 0.05) is 16.1 Å². The summed E-state index contributed by atoms with van der Waals surface area (Å²) in [6.07, 6.45) is 1.63. The van der Waals surface area contributed by atoms with E-state index < -0.39 is 17.6 Å². The molecule has 1 aliphatic rings. The summed E-state index contributed by atoms with van der Waals surface area (Å²) in [6.45, 7) is 2.09. The van der Waals surface area contributed by atoms with Crippen molar-refractivity contribution >= 4 is 69.4 Å². The molecule has 3 aromatic rings. The molecule has 0 saturated carbocycles. The maximum absolute atomic E-state index is 14.1. The summed E-state index contributed by atoms with van der Waals surface area (Å²) < 4.78 is 25.8. The van der Waals surface area contributed by atoms with Crippen LogP contribution in [0.2, 0.25) is 10.0 Å². The number of benzene rings is 3. The summed E-state index contributed by atoms with van der Waals surface area (Å²) in [5.41, 5.74) is 3.73. The van der Waals surface area contributed by atoms with Gasteiger partial charge in [-0.15, -0.1) is 0 Å². The Labute approximate surface area is 232 Å². The number of thiocarbonyl (C=S) groups is 1. The van der Waals surface area contributed by atoms with Gasteiger partial charge in [-0.25, -0.2) is 4.39 Å². The Morgan fingerprint density at radius 3 is 2.57 bits per heavy atom. The van der Waals surface area contributed by atoms with Gasteiger partial charge in [0.2, 0.25) is 0 Å². The molecule has 3 aromatic carbocycles. The number of hydrogen-bond acceptors (Lipinski definition) is 6. The third kappa shape index (κ3) is 6.42. The van der Waals surface area contributed by atoms with Crippen molar-refractivity contribution in [2.24, 2.45) is 0 Å². The minimum absolute atomic E-state index is 0.0864. The summed E-state index contributed by atoms with van der Waals surface area (Å²) in [6, 6.07) is 15.7. The molecule has 2 amide bonds. The molecule has 0 atom stereocenters. The molecule has 11 heteroatoms. The quantitative estimate of drug-likeness (QED) is 0.239. The van der Waals surface area contributed by atoms with Crippen LogP contribution in [0.5, 0.6) is 11.5 Å². The van der Waals surface area contributed by atoms with Crippen molar-refractivity contribution in [2.45, 2.75) is 13.5 Å². The van der Waals surface area contributed by atoms with Gasteiger partial charge in [-0.1, -0.05) is 47.1 Å². The van der Waals surface area contributed by atoms with Crippen molar-refractivity contribution in [2.75, 3.05) is 6.61 Å². The Kier molecular flexibility index (Phi) is 8.71. The highest BCUT2D eigenvalue weighted by molar-refractivity contribution is 8.26. The predicted molar refractivity (Wildman–Crippen MR) is 147 cm³/mol. The van der Waals surface area contributed by atoms with Crippen LogP contribution in [-0.4, -0.2) is 27.8 Å². The monoisotopic (exact) mass is 576 g/mol. The number of rotatable bonds is 8. The molecule has 1 saturated heterocycles. The summed E-state index contributed by atoms with van der Waals surface area (Å²) in [7, 11) is 0. The van der Waals surface area contributed by atoms with Crippen LogP contribution in [0.3, 0.4) is 0 Å². The summed E-state index contributed by atoms with van der Waals surface area (Å²) in [5, 5.41) is 1.78. The van der Waals surface area contributed by atoms with E-state index in [1.165, 1.54) is 12.1 Å². The molecule has 0 aliphatic carbocycles. The highest BCUT2D eigenvalue weighted by atomic mass is 35.5. The number of carbonyl (C=O) groups is 2. The number of amides is 2. The Hall–Kier alpha value is -3.11. The van der Waals surface area contributed by atoms with E-state index in [2.05, 4.69) is 5.43 Å². The molecule has 0 bridgehead atoms. The van der Waals surface area contributed by atoms with Crippen molar-refractivity contribution < 1.29 is 23.5 Å². The summed E-state index contributed by atoms with van der Waals surface area (Å²) in [5.74, 6) is -0.627. The summed E-state index contributed by atoms with van der Waals surface area (Å²) >= 11 is 18.3. The molecule has 1 fully saturated rings. The van der Waals surface area contributed by atoms with Gasteiger partial charge in [0.25, 0.3) is 11.8 Å². The standard InChI is InChI=1S/C26H19Cl2FN2O4S2/c1-2-34-22-12-15(6-11-21(22)35-14-18-19(28)4-3-5-20(18)29)13-23-25(33)31(26(36)37-23)30-24(32)16-7-9-17(27)10-8-16/h3-13H,2,14H2,1H3,(H,30,32)/b23-13+. The first kappa shape index (κ1) is 26.9. The van der Waals surface area contributed by atoms with Crippen LogP contribution in [0.15, 0.2) is 65.6 Å². The van der Waals surface area contributed by atoms with Crippen LogP contribution < -0.4 is 14.9 Å². The fourth-order valence-electron chi connectivity index (χ4n) is 3.30. The van der Waals surface area contributed by atoms with Gasteiger partial charge in [-0.2, -0.15) is 5.01 Å². The molecular formula is C26H19Cl2FN2O4S2. The van der Waals surface area contributed by atoms with Gasteiger partial charge in [0.05, 0.1) is 16.5 Å². The first-order chi connectivity index (χ1) is 17.8. The molecule has 0 spiro atoms. The maximum atomic E-state index is 14.1. The van der Waals surface area contributed by atoms with Crippen molar-refractivity contribution in [3.05, 3.63) is 98.1 Å². The highest BCUT2D eigenvalue weighted by Crippen LogP contribution is 2.35. The average molecular weight is 577 g/mol. The largest absolute Gasteiger partial charge is 0.490 e. The molecule has 1 aliphatic heterocycles. The van der Waals surface area contributed by atoms with Crippen molar-refractivity contribution in [1.29, 1.82) is 0 Å². The Morgan fingerprint density at radius 1 is 1.11 bits per heavy atom. The van der Waals surface area contributed by atoms with E-state index >= 15 is 0 Å². The van der Waals surface area contributed by atoms with E-state index in [1.54, 1.807) is 54.6 Å². The topological polar surface area (TPSA) is 67.9 Å². The third-order valence-corrected chi connectivity index (χ3v) is 7.02. The highest BCUT2D eigenvalue weighted by Gasteiger charge is 2.33. The average Bonchev–Trinajstić information content (AvgIpc) is 3.12. The smallest absolute Gasteiger partial charge is 0.285 e. The van der Waals surface area contributed by atoms with E-state index in [1.807, 2.05) is 6.92 Å².